The summed E-state index contributed by atoms with van der Waals surface area (Å²) in [5.74, 6) is 1.67. The van der Waals surface area contributed by atoms with Gasteiger partial charge in [-0.25, -0.2) is 4.98 Å². The van der Waals surface area contributed by atoms with E-state index >= 15 is 0 Å². The van der Waals surface area contributed by atoms with E-state index in [4.69, 9.17) is 27.9 Å². The van der Waals surface area contributed by atoms with Crippen molar-refractivity contribution in [3.8, 4) is 5.75 Å². The highest BCUT2D eigenvalue weighted by Gasteiger charge is 2.24. The summed E-state index contributed by atoms with van der Waals surface area (Å²) in [5, 5.41) is 1.07. The second-order valence-electron chi connectivity index (χ2n) is 8.49. The van der Waals surface area contributed by atoms with Gasteiger partial charge in [0.05, 0.1) is 22.9 Å². The number of carbonyl (C=O) groups is 1. The molecular formula is C28H24Cl2N2O2S. The third-order valence-corrected chi connectivity index (χ3v) is 7.93. The Labute approximate surface area is 219 Å². The van der Waals surface area contributed by atoms with E-state index in [0.717, 1.165) is 45.7 Å². The van der Waals surface area contributed by atoms with Gasteiger partial charge in [0.25, 0.3) is 0 Å². The number of hydrogen-bond acceptors (Lipinski definition) is 4. The monoisotopic (exact) mass is 522 g/mol. The molecule has 7 heteroatoms. The molecule has 0 bridgehead atoms. The minimum absolute atomic E-state index is 0.205. The van der Waals surface area contributed by atoms with Crippen molar-refractivity contribution in [1.29, 1.82) is 0 Å². The summed E-state index contributed by atoms with van der Waals surface area (Å²) in [5.41, 5.74) is 4.07. The number of hydrogen-bond donors (Lipinski definition) is 0. The van der Waals surface area contributed by atoms with Crippen LogP contribution in [0.5, 0.6) is 5.75 Å². The van der Waals surface area contributed by atoms with Gasteiger partial charge in [0.2, 0.25) is 0 Å². The normalized spacial score (nSPS) is 13.9. The number of halogens is 2. The van der Waals surface area contributed by atoms with Crippen LogP contribution in [0.25, 0.3) is 0 Å². The summed E-state index contributed by atoms with van der Waals surface area (Å²) in [6.45, 7) is 0.624. The molecule has 1 aliphatic carbocycles. The van der Waals surface area contributed by atoms with Crippen molar-refractivity contribution in [1.82, 2.24) is 9.55 Å². The third-order valence-electron chi connectivity index (χ3n) is 6.17. The molecule has 3 aromatic carbocycles. The minimum Gasteiger partial charge on any atom is -0.484 e. The van der Waals surface area contributed by atoms with Crippen LogP contribution < -0.4 is 4.74 Å². The van der Waals surface area contributed by atoms with Crippen LogP contribution in [0.3, 0.4) is 0 Å². The standard InChI is InChI=1S/C28H24Cl2N2O2S/c29-24-11-9-20(15-25(24)30)35-17-23-21-7-4-8-26(33)22(21)10-12-27(23)34-28(16-32-14-13-31-18-32)19-5-2-1-3-6-19/h1-3,5-6,9-15,18,28H,4,7-8,16-17H2. The van der Waals surface area contributed by atoms with Crippen LogP contribution in [-0.2, 0) is 18.7 Å². The Bertz CT molecular complexity index is 1330. The van der Waals surface area contributed by atoms with E-state index in [1.54, 1.807) is 24.3 Å². The van der Waals surface area contributed by atoms with Crippen molar-refractivity contribution in [3.05, 3.63) is 112 Å². The largest absolute Gasteiger partial charge is 0.484 e. The summed E-state index contributed by atoms with van der Waals surface area (Å²) >= 11 is 14.0. The highest BCUT2D eigenvalue weighted by molar-refractivity contribution is 7.98. The second-order valence-corrected chi connectivity index (χ2v) is 10.3. The molecule has 1 heterocycles. The fourth-order valence-corrected chi connectivity index (χ4v) is 5.74. The number of ketones is 1. The van der Waals surface area contributed by atoms with Crippen LogP contribution in [0.2, 0.25) is 10.0 Å². The van der Waals surface area contributed by atoms with Crippen molar-refractivity contribution >= 4 is 40.7 Å². The van der Waals surface area contributed by atoms with Crippen molar-refractivity contribution in [2.24, 2.45) is 0 Å². The van der Waals surface area contributed by atoms with Gasteiger partial charge in [-0.3, -0.25) is 4.79 Å². The van der Waals surface area contributed by atoms with Gasteiger partial charge >= 0.3 is 0 Å². The Morgan fingerprint density at radius 1 is 1.03 bits per heavy atom. The predicted molar refractivity (Wildman–Crippen MR) is 142 cm³/mol. The topological polar surface area (TPSA) is 44.1 Å². The van der Waals surface area contributed by atoms with E-state index in [-0.39, 0.29) is 11.9 Å². The van der Waals surface area contributed by atoms with E-state index in [0.29, 0.717) is 28.8 Å². The number of Topliss-reactive ketones (excluding diaryl/α,β-unsaturated/α-hetero) is 1. The summed E-state index contributed by atoms with van der Waals surface area (Å²) in [4.78, 5) is 17.9. The van der Waals surface area contributed by atoms with Gasteiger partial charge in [-0.2, -0.15) is 0 Å². The number of rotatable bonds is 8. The summed E-state index contributed by atoms with van der Waals surface area (Å²) in [6, 6.07) is 19.7. The Kier molecular flexibility index (Phi) is 7.47. The molecule has 0 spiro atoms. The maximum Gasteiger partial charge on any atom is 0.163 e. The fraction of sp³-hybridized carbons (Fsp3) is 0.214. The van der Waals surface area contributed by atoms with Crippen LogP contribution in [0, 0.1) is 0 Å². The highest BCUT2D eigenvalue weighted by atomic mass is 35.5. The molecule has 0 saturated heterocycles. The van der Waals surface area contributed by atoms with Crippen LogP contribution in [0.1, 0.15) is 46.0 Å². The Balaban J connectivity index is 1.50. The molecule has 1 aliphatic rings. The average Bonchev–Trinajstić information content (AvgIpc) is 3.39. The van der Waals surface area contributed by atoms with Crippen LogP contribution in [-0.4, -0.2) is 15.3 Å². The summed E-state index contributed by atoms with van der Waals surface area (Å²) in [6.07, 6.45) is 7.62. The Morgan fingerprint density at radius 2 is 1.89 bits per heavy atom. The molecular weight excluding hydrogens is 499 g/mol. The molecule has 4 aromatic rings. The number of carbonyl (C=O) groups excluding carboxylic acids is 1. The molecule has 1 atom stereocenters. The van der Waals surface area contributed by atoms with Crippen molar-refractivity contribution in [3.63, 3.8) is 0 Å². The van der Waals surface area contributed by atoms with Crippen LogP contribution >= 0.6 is 35.0 Å². The van der Waals surface area contributed by atoms with E-state index in [9.17, 15) is 4.79 Å². The quantitative estimate of drug-likeness (QED) is 0.221. The Morgan fingerprint density at radius 3 is 2.66 bits per heavy atom. The molecule has 5 rings (SSSR count). The zero-order valence-corrected chi connectivity index (χ0v) is 21.3. The van der Waals surface area contributed by atoms with E-state index < -0.39 is 0 Å². The van der Waals surface area contributed by atoms with Gasteiger partial charge in [-0.15, -0.1) is 11.8 Å². The van der Waals surface area contributed by atoms with E-state index in [1.807, 2.05) is 59.3 Å². The number of nitrogens with zero attached hydrogens (tertiary/aromatic N) is 2. The van der Waals surface area contributed by atoms with Crippen molar-refractivity contribution < 1.29 is 9.53 Å². The zero-order valence-electron chi connectivity index (χ0n) is 19.0. The molecule has 35 heavy (non-hydrogen) atoms. The molecule has 0 saturated carbocycles. The predicted octanol–water partition coefficient (Wildman–Crippen LogP) is 7.82. The van der Waals surface area contributed by atoms with Gasteiger partial charge < -0.3 is 9.30 Å². The lowest BCUT2D eigenvalue weighted by Crippen LogP contribution is -2.18. The average molecular weight is 523 g/mol. The lowest BCUT2D eigenvalue weighted by atomic mass is 9.87. The SMILES string of the molecule is O=C1CCCc2c1ccc(OC(Cn1ccnc1)c1ccccc1)c2CSc1ccc(Cl)c(Cl)c1. The van der Waals surface area contributed by atoms with Crippen LogP contribution in [0.15, 0.2) is 84.3 Å². The maximum atomic E-state index is 12.7. The number of imidazole rings is 1. The highest BCUT2D eigenvalue weighted by Crippen LogP contribution is 2.38. The molecule has 0 fully saturated rings. The van der Waals surface area contributed by atoms with Crippen LogP contribution in [0.4, 0.5) is 0 Å². The van der Waals surface area contributed by atoms with E-state index in [1.165, 1.54) is 0 Å². The molecule has 1 unspecified atom stereocenters. The first-order valence-electron chi connectivity index (χ1n) is 11.5. The molecule has 178 valence electrons. The molecule has 1 aromatic heterocycles. The second kappa shape index (κ2) is 10.9. The van der Waals surface area contributed by atoms with Gasteiger partial charge in [-0.05, 0) is 54.3 Å². The molecule has 0 N–H and O–H groups in total. The number of ether oxygens (including phenoxy) is 1. The first kappa shape index (κ1) is 24.0. The zero-order chi connectivity index (χ0) is 24.2. The maximum absolute atomic E-state index is 12.7. The lowest BCUT2D eigenvalue weighted by Gasteiger charge is -2.25. The summed E-state index contributed by atoms with van der Waals surface area (Å²) in [7, 11) is 0. The van der Waals surface area contributed by atoms with Gasteiger partial charge in [0.15, 0.2) is 5.78 Å². The minimum atomic E-state index is -0.212. The molecule has 4 nitrogen and oxygen atoms in total. The summed E-state index contributed by atoms with van der Waals surface area (Å²) < 4.78 is 8.73. The molecule has 0 amide bonds. The third kappa shape index (κ3) is 5.58. The van der Waals surface area contributed by atoms with Crippen molar-refractivity contribution in [2.75, 3.05) is 0 Å². The number of thioether (sulfide) groups is 1. The lowest BCUT2D eigenvalue weighted by molar-refractivity contribution is 0.0972. The number of aromatic nitrogens is 2. The van der Waals surface area contributed by atoms with E-state index in [2.05, 4.69) is 17.1 Å². The smallest absolute Gasteiger partial charge is 0.163 e. The molecule has 0 aliphatic heterocycles. The number of fused-ring (bicyclic) bond motifs is 1. The number of benzene rings is 3. The fourth-order valence-electron chi connectivity index (χ4n) is 4.39. The van der Waals surface area contributed by atoms with Gasteiger partial charge in [0.1, 0.15) is 11.9 Å². The Hall–Kier alpha value is -2.73. The van der Waals surface area contributed by atoms with Gasteiger partial charge in [0, 0.05) is 40.6 Å². The molecule has 0 radical (unpaired) electrons. The van der Waals surface area contributed by atoms with Gasteiger partial charge in [-0.1, -0.05) is 53.5 Å². The van der Waals surface area contributed by atoms with Crippen molar-refractivity contribution in [2.45, 2.75) is 42.6 Å². The first-order chi connectivity index (χ1) is 17.1. The first-order valence-corrected chi connectivity index (χ1v) is 13.3.